The van der Waals surface area contributed by atoms with Crippen LogP contribution in [-0.2, 0) is 0 Å². The van der Waals surface area contributed by atoms with Crippen LogP contribution >= 0.6 is 23.4 Å². The molecule has 0 bridgehead atoms. The van der Waals surface area contributed by atoms with Crippen LogP contribution in [0.3, 0.4) is 0 Å². The number of thioether (sulfide) groups is 1. The number of nitrogens with zero attached hydrogens (tertiary/aromatic N) is 1. The molecule has 188 valence electrons. The summed E-state index contributed by atoms with van der Waals surface area (Å²) >= 11 is 7.63. The lowest BCUT2D eigenvalue weighted by Gasteiger charge is -2.25. The van der Waals surface area contributed by atoms with Crippen molar-refractivity contribution in [1.29, 1.82) is 0 Å². The summed E-state index contributed by atoms with van der Waals surface area (Å²) in [4.78, 5) is 28.1. The second-order valence-corrected chi connectivity index (χ2v) is 10.9. The van der Waals surface area contributed by atoms with E-state index in [0.29, 0.717) is 27.0 Å². The van der Waals surface area contributed by atoms with Crippen LogP contribution in [0.25, 0.3) is 0 Å². The van der Waals surface area contributed by atoms with E-state index in [9.17, 15) is 14.7 Å². The third kappa shape index (κ3) is 6.92. The summed E-state index contributed by atoms with van der Waals surface area (Å²) in [5, 5.41) is 10.4. The lowest BCUT2D eigenvalue weighted by molar-refractivity contribution is 0.0693. The summed E-state index contributed by atoms with van der Waals surface area (Å²) in [5.74, 6) is 0.373. The largest absolute Gasteiger partial charge is 0.478 e. The van der Waals surface area contributed by atoms with Crippen molar-refractivity contribution in [2.75, 3.05) is 17.2 Å². The molecule has 6 heteroatoms. The fourth-order valence-electron chi connectivity index (χ4n) is 4.17. The van der Waals surface area contributed by atoms with E-state index < -0.39 is 5.97 Å². The number of unbranched alkanes of at least 4 members (excludes halogenated alkanes) is 3. The third-order valence-electron chi connectivity index (χ3n) is 6.44. The number of carboxylic acid groups (broad SMARTS) is 1. The van der Waals surface area contributed by atoms with Gasteiger partial charge in [-0.05, 0) is 97.7 Å². The Morgan fingerprint density at radius 2 is 1.56 bits per heavy atom. The quantitative estimate of drug-likeness (QED) is 0.139. The molecule has 3 aromatic carbocycles. The number of anilines is 2. The minimum Gasteiger partial charge on any atom is -0.478 e. The van der Waals surface area contributed by atoms with E-state index in [1.54, 1.807) is 23.9 Å². The van der Waals surface area contributed by atoms with E-state index >= 15 is 0 Å². The Bertz CT molecular complexity index is 1190. The van der Waals surface area contributed by atoms with Crippen molar-refractivity contribution in [3.8, 4) is 0 Å². The molecule has 0 saturated heterocycles. The van der Waals surface area contributed by atoms with Crippen LogP contribution in [0.2, 0.25) is 5.02 Å². The second kappa shape index (κ2) is 12.5. The molecule has 1 saturated carbocycles. The number of halogens is 1. The summed E-state index contributed by atoms with van der Waals surface area (Å²) < 4.78 is 0. The van der Waals surface area contributed by atoms with Gasteiger partial charge in [0, 0.05) is 39.0 Å². The van der Waals surface area contributed by atoms with Gasteiger partial charge in [-0.1, -0.05) is 37.8 Å². The van der Waals surface area contributed by atoms with E-state index in [1.165, 1.54) is 31.7 Å². The number of aromatic carboxylic acids is 1. The van der Waals surface area contributed by atoms with Crippen LogP contribution < -0.4 is 4.90 Å². The Morgan fingerprint density at radius 3 is 2.17 bits per heavy atom. The lowest BCUT2D eigenvalue weighted by atomic mass is 10.0. The maximum Gasteiger partial charge on any atom is 0.336 e. The van der Waals surface area contributed by atoms with E-state index in [0.717, 1.165) is 36.5 Å². The molecule has 1 N–H and O–H groups in total. The molecule has 4 nitrogen and oxygen atoms in total. The van der Waals surface area contributed by atoms with Crippen molar-refractivity contribution in [3.63, 3.8) is 0 Å². The molecule has 0 spiro atoms. The predicted octanol–water partition coefficient (Wildman–Crippen LogP) is 8.49. The minimum atomic E-state index is -1.00. The zero-order valence-electron chi connectivity index (χ0n) is 20.6. The lowest BCUT2D eigenvalue weighted by Crippen LogP contribution is -2.19. The second-order valence-electron chi connectivity index (χ2n) is 9.33. The molecular weight excluding hydrogens is 490 g/mol. The summed E-state index contributed by atoms with van der Waals surface area (Å²) in [6.45, 7) is 3.09. The molecule has 0 amide bonds. The number of ketones is 1. The standard InChI is InChI=1S/C30H32ClNO3S/c1-2-3-4-5-18-36-28-17-10-23(19-27(28)30(34)35)29(33)22-8-13-25(14-9-22)32(20-21-6-7-21)26-15-11-24(31)12-16-26/h8-17,19,21H,2-7,18,20H2,1H3,(H,34,35). The van der Waals surface area contributed by atoms with Gasteiger partial charge in [-0.15, -0.1) is 11.8 Å². The molecule has 0 atom stereocenters. The summed E-state index contributed by atoms with van der Waals surface area (Å²) in [7, 11) is 0. The fraction of sp³-hybridized carbons (Fsp3) is 0.333. The molecule has 0 radical (unpaired) electrons. The topological polar surface area (TPSA) is 57.6 Å². The number of hydrogen-bond acceptors (Lipinski definition) is 4. The van der Waals surface area contributed by atoms with Gasteiger partial charge in [-0.2, -0.15) is 0 Å². The molecule has 1 fully saturated rings. The normalized spacial score (nSPS) is 12.9. The smallest absolute Gasteiger partial charge is 0.336 e. The zero-order valence-corrected chi connectivity index (χ0v) is 22.2. The van der Waals surface area contributed by atoms with Crippen molar-refractivity contribution < 1.29 is 14.7 Å². The number of carboxylic acids is 1. The van der Waals surface area contributed by atoms with Crippen LogP contribution in [0, 0.1) is 5.92 Å². The van der Waals surface area contributed by atoms with Gasteiger partial charge in [0.25, 0.3) is 0 Å². The number of carbonyl (C=O) groups excluding carboxylic acids is 1. The number of hydrogen-bond donors (Lipinski definition) is 1. The van der Waals surface area contributed by atoms with E-state index in [2.05, 4.69) is 11.8 Å². The highest BCUT2D eigenvalue weighted by molar-refractivity contribution is 7.99. The molecule has 0 aliphatic heterocycles. The highest BCUT2D eigenvalue weighted by atomic mass is 35.5. The van der Waals surface area contributed by atoms with Gasteiger partial charge in [0.2, 0.25) is 0 Å². The highest BCUT2D eigenvalue weighted by Crippen LogP contribution is 2.36. The summed E-state index contributed by atoms with van der Waals surface area (Å²) in [5.41, 5.74) is 3.21. The van der Waals surface area contributed by atoms with Crippen LogP contribution in [0.1, 0.15) is 71.7 Å². The first-order valence-electron chi connectivity index (χ1n) is 12.6. The van der Waals surface area contributed by atoms with Gasteiger partial charge in [0.1, 0.15) is 0 Å². The predicted molar refractivity (Wildman–Crippen MR) is 149 cm³/mol. The molecular formula is C30H32ClNO3S. The Kier molecular flexibility index (Phi) is 9.11. The van der Waals surface area contributed by atoms with E-state index in [4.69, 9.17) is 11.6 Å². The summed E-state index contributed by atoms with van der Waals surface area (Å²) in [6.07, 6.45) is 7.03. The van der Waals surface area contributed by atoms with Gasteiger partial charge >= 0.3 is 5.97 Å². The average molecular weight is 522 g/mol. The Labute approximate surface area is 222 Å². The number of rotatable bonds is 13. The average Bonchev–Trinajstić information content (AvgIpc) is 3.72. The number of benzene rings is 3. The molecule has 1 aliphatic rings. The van der Waals surface area contributed by atoms with Crippen LogP contribution in [0.4, 0.5) is 11.4 Å². The Morgan fingerprint density at radius 1 is 0.917 bits per heavy atom. The van der Waals surface area contributed by atoms with Crippen molar-refractivity contribution >= 4 is 46.5 Å². The van der Waals surface area contributed by atoms with Gasteiger partial charge in [-0.25, -0.2) is 4.79 Å². The van der Waals surface area contributed by atoms with Gasteiger partial charge in [0.15, 0.2) is 5.78 Å². The van der Waals surface area contributed by atoms with Gasteiger partial charge in [0.05, 0.1) is 5.56 Å². The maximum atomic E-state index is 13.2. The zero-order chi connectivity index (χ0) is 25.5. The van der Waals surface area contributed by atoms with Crippen LogP contribution in [-0.4, -0.2) is 29.2 Å². The minimum absolute atomic E-state index is 0.177. The summed E-state index contributed by atoms with van der Waals surface area (Å²) in [6, 6.07) is 20.4. The van der Waals surface area contributed by atoms with Crippen molar-refractivity contribution in [2.24, 2.45) is 5.92 Å². The van der Waals surface area contributed by atoms with Crippen molar-refractivity contribution in [3.05, 3.63) is 88.4 Å². The SMILES string of the molecule is CCCCCCSc1ccc(C(=O)c2ccc(N(CC3CC3)c3ccc(Cl)cc3)cc2)cc1C(=O)O. The van der Waals surface area contributed by atoms with Crippen LogP contribution in [0.5, 0.6) is 0 Å². The molecule has 1 aliphatic carbocycles. The molecule has 0 heterocycles. The molecule has 36 heavy (non-hydrogen) atoms. The Hall–Kier alpha value is -2.76. The Balaban J connectivity index is 1.50. The molecule has 0 aromatic heterocycles. The molecule has 3 aromatic rings. The fourth-order valence-corrected chi connectivity index (χ4v) is 5.33. The molecule has 0 unspecified atom stereocenters. The first-order valence-corrected chi connectivity index (χ1v) is 14.0. The van der Waals surface area contributed by atoms with Crippen molar-refractivity contribution in [1.82, 2.24) is 0 Å². The van der Waals surface area contributed by atoms with Gasteiger partial charge in [-0.3, -0.25) is 4.79 Å². The van der Waals surface area contributed by atoms with Crippen molar-refractivity contribution in [2.45, 2.75) is 50.3 Å². The highest BCUT2D eigenvalue weighted by Gasteiger charge is 2.25. The third-order valence-corrected chi connectivity index (χ3v) is 7.86. The monoisotopic (exact) mass is 521 g/mol. The first kappa shape index (κ1) is 26.3. The molecule has 4 rings (SSSR count). The maximum absolute atomic E-state index is 13.2. The van der Waals surface area contributed by atoms with E-state index in [1.807, 2.05) is 48.5 Å². The van der Waals surface area contributed by atoms with Gasteiger partial charge < -0.3 is 10.0 Å². The van der Waals surface area contributed by atoms with E-state index in [-0.39, 0.29) is 11.3 Å². The van der Waals surface area contributed by atoms with Crippen LogP contribution in [0.15, 0.2) is 71.6 Å². The number of carbonyl (C=O) groups is 2. The first-order chi connectivity index (χ1) is 17.5.